The quantitative estimate of drug-likeness (QED) is 0.589. The Balaban J connectivity index is 1.46. The number of hydrogen-bond acceptors (Lipinski definition) is 5. The van der Waals surface area contributed by atoms with Crippen molar-refractivity contribution in [1.29, 1.82) is 0 Å². The number of amides is 1. The highest BCUT2D eigenvalue weighted by Crippen LogP contribution is 2.16. The number of nitrogens with zero attached hydrogens (tertiary/aromatic N) is 4. The van der Waals surface area contributed by atoms with Gasteiger partial charge in [0.25, 0.3) is 0 Å². The van der Waals surface area contributed by atoms with E-state index in [2.05, 4.69) is 15.5 Å². The van der Waals surface area contributed by atoms with Crippen molar-refractivity contribution in [1.82, 2.24) is 24.5 Å². The minimum Gasteiger partial charge on any atom is -0.408 e. The lowest BCUT2D eigenvalue weighted by molar-refractivity contribution is -0.123. The molecule has 0 radical (unpaired) electrons. The normalized spacial score (nSPS) is 12.5. The summed E-state index contributed by atoms with van der Waals surface area (Å²) in [6, 6.07) is 12.0. The van der Waals surface area contributed by atoms with Crippen molar-refractivity contribution < 1.29 is 9.21 Å². The third-order valence-corrected chi connectivity index (χ3v) is 4.32. The molecule has 1 unspecified atom stereocenters. The molecule has 0 bridgehead atoms. The van der Waals surface area contributed by atoms with E-state index in [-0.39, 0.29) is 5.91 Å². The standard InChI is InChI=1S/C18H17N5O3/c1-12(23-13-6-2-3-7-14(13)26-18(23)25)17(24)19-10-9-16-21-20-15-8-4-5-11-22(15)16/h2-8,11-12H,9-10H2,1H3,(H,19,24). The summed E-state index contributed by atoms with van der Waals surface area (Å²) >= 11 is 0. The summed E-state index contributed by atoms with van der Waals surface area (Å²) in [4.78, 5) is 24.6. The zero-order chi connectivity index (χ0) is 18.1. The number of nitrogens with one attached hydrogen (secondary N) is 1. The van der Waals surface area contributed by atoms with Crippen LogP contribution < -0.4 is 11.1 Å². The Kier molecular flexibility index (Phi) is 4.00. The van der Waals surface area contributed by atoms with Crippen LogP contribution in [-0.4, -0.2) is 31.6 Å². The van der Waals surface area contributed by atoms with Crippen LogP contribution in [0.25, 0.3) is 16.7 Å². The van der Waals surface area contributed by atoms with Gasteiger partial charge < -0.3 is 9.73 Å². The van der Waals surface area contributed by atoms with Crippen LogP contribution in [-0.2, 0) is 11.2 Å². The highest BCUT2D eigenvalue weighted by atomic mass is 16.4. The Bertz CT molecular complexity index is 1140. The van der Waals surface area contributed by atoms with Gasteiger partial charge in [-0.1, -0.05) is 18.2 Å². The SMILES string of the molecule is CC(C(=O)NCCc1nnc2ccccn12)n1c(=O)oc2ccccc21. The summed E-state index contributed by atoms with van der Waals surface area (Å²) in [5.74, 6) is -0.0377. The van der Waals surface area contributed by atoms with Gasteiger partial charge in [-0.05, 0) is 31.2 Å². The Hall–Kier alpha value is -3.42. The molecule has 0 saturated heterocycles. The average molecular weight is 351 g/mol. The van der Waals surface area contributed by atoms with Gasteiger partial charge in [0.15, 0.2) is 11.2 Å². The topological polar surface area (TPSA) is 94.4 Å². The van der Waals surface area contributed by atoms with Gasteiger partial charge in [0.05, 0.1) is 5.52 Å². The molecule has 0 saturated carbocycles. The van der Waals surface area contributed by atoms with Gasteiger partial charge in [-0.25, -0.2) is 4.79 Å². The number of rotatable bonds is 5. The third kappa shape index (κ3) is 2.75. The molecule has 1 aromatic carbocycles. The molecule has 0 aliphatic carbocycles. The van der Waals surface area contributed by atoms with Crippen LogP contribution in [0.15, 0.2) is 57.9 Å². The number of oxazole rings is 1. The fourth-order valence-electron chi connectivity index (χ4n) is 2.97. The van der Waals surface area contributed by atoms with Gasteiger partial charge in [0.1, 0.15) is 11.9 Å². The van der Waals surface area contributed by atoms with Crippen LogP contribution in [0.1, 0.15) is 18.8 Å². The number of pyridine rings is 1. The van der Waals surface area contributed by atoms with Crippen molar-refractivity contribution in [3.05, 3.63) is 65.0 Å². The molecule has 0 aliphatic rings. The molecule has 0 spiro atoms. The predicted molar refractivity (Wildman–Crippen MR) is 94.9 cm³/mol. The van der Waals surface area contributed by atoms with Crippen molar-refractivity contribution in [2.75, 3.05) is 6.54 Å². The van der Waals surface area contributed by atoms with E-state index in [4.69, 9.17) is 4.42 Å². The summed E-state index contributed by atoms with van der Waals surface area (Å²) in [6.07, 6.45) is 2.41. The lowest BCUT2D eigenvalue weighted by atomic mass is 10.2. The van der Waals surface area contributed by atoms with Crippen LogP contribution in [0.3, 0.4) is 0 Å². The first kappa shape index (κ1) is 16.1. The zero-order valence-corrected chi connectivity index (χ0v) is 14.1. The monoisotopic (exact) mass is 351 g/mol. The van der Waals surface area contributed by atoms with E-state index < -0.39 is 11.8 Å². The van der Waals surface area contributed by atoms with E-state index in [0.717, 1.165) is 11.5 Å². The molecule has 0 fully saturated rings. The second kappa shape index (κ2) is 6.47. The van der Waals surface area contributed by atoms with E-state index in [9.17, 15) is 9.59 Å². The van der Waals surface area contributed by atoms with Crippen molar-refractivity contribution >= 4 is 22.7 Å². The maximum atomic E-state index is 12.5. The van der Waals surface area contributed by atoms with E-state index in [0.29, 0.717) is 24.1 Å². The average Bonchev–Trinajstić information content (AvgIpc) is 3.21. The van der Waals surface area contributed by atoms with Crippen molar-refractivity contribution in [3.63, 3.8) is 0 Å². The smallest absolute Gasteiger partial charge is 0.408 e. The van der Waals surface area contributed by atoms with Crippen LogP contribution in [0, 0.1) is 0 Å². The van der Waals surface area contributed by atoms with E-state index in [1.54, 1.807) is 31.2 Å². The number of carbonyl (C=O) groups excluding carboxylic acids is 1. The number of carbonyl (C=O) groups is 1. The molecule has 4 aromatic rings. The van der Waals surface area contributed by atoms with Crippen LogP contribution in [0.4, 0.5) is 0 Å². The number of hydrogen-bond donors (Lipinski definition) is 1. The molecule has 3 aromatic heterocycles. The van der Waals surface area contributed by atoms with Crippen LogP contribution in [0.2, 0.25) is 0 Å². The Morgan fingerprint density at radius 1 is 1.19 bits per heavy atom. The zero-order valence-electron chi connectivity index (χ0n) is 14.1. The van der Waals surface area contributed by atoms with E-state index >= 15 is 0 Å². The van der Waals surface area contributed by atoms with Gasteiger partial charge in [-0.2, -0.15) is 0 Å². The highest BCUT2D eigenvalue weighted by Gasteiger charge is 2.21. The first-order valence-electron chi connectivity index (χ1n) is 8.31. The van der Waals surface area contributed by atoms with Crippen molar-refractivity contribution in [2.24, 2.45) is 0 Å². The first-order chi connectivity index (χ1) is 12.6. The van der Waals surface area contributed by atoms with Crippen molar-refractivity contribution in [3.8, 4) is 0 Å². The Labute approximate surface area is 148 Å². The predicted octanol–water partition coefficient (Wildman–Crippen LogP) is 1.56. The highest BCUT2D eigenvalue weighted by molar-refractivity contribution is 5.82. The van der Waals surface area contributed by atoms with Gasteiger partial charge in [0, 0.05) is 19.2 Å². The number of para-hydroxylation sites is 2. The molecule has 1 amide bonds. The molecule has 1 N–H and O–H groups in total. The lowest BCUT2D eigenvalue weighted by Gasteiger charge is -2.12. The van der Waals surface area contributed by atoms with Crippen LogP contribution in [0.5, 0.6) is 0 Å². The fourth-order valence-corrected chi connectivity index (χ4v) is 2.97. The van der Waals surface area contributed by atoms with Crippen molar-refractivity contribution in [2.45, 2.75) is 19.4 Å². The number of aromatic nitrogens is 4. The molecular weight excluding hydrogens is 334 g/mol. The molecule has 8 heteroatoms. The molecule has 4 rings (SSSR count). The summed E-state index contributed by atoms with van der Waals surface area (Å²) in [5, 5.41) is 11.1. The second-order valence-electron chi connectivity index (χ2n) is 5.97. The van der Waals surface area contributed by atoms with Gasteiger partial charge in [0.2, 0.25) is 5.91 Å². The number of fused-ring (bicyclic) bond motifs is 2. The maximum absolute atomic E-state index is 12.5. The molecule has 26 heavy (non-hydrogen) atoms. The summed E-state index contributed by atoms with van der Waals surface area (Å²) in [6.45, 7) is 2.06. The molecule has 132 valence electrons. The van der Waals surface area contributed by atoms with Gasteiger partial charge in [-0.15, -0.1) is 10.2 Å². The number of benzene rings is 1. The maximum Gasteiger partial charge on any atom is 0.420 e. The van der Waals surface area contributed by atoms with Gasteiger partial charge >= 0.3 is 5.76 Å². The molecule has 0 aliphatic heterocycles. The first-order valence-corrected chi connectivity index (χ1v) is 8.31. The molecule has 8 nitrogen and oxygen atoms in total. The molecule has 3 heterocycles. The minimum atomic E-state index is -0.679. The summed E-state index contributed by atoms with van der Waals surface area (Å²) < 4.78 is 8.42. The molecular formula is C18H17N5O3. The fraction of sp³-hybridized carbons (Fsp3) is 0.222. The minimum absolute atomic E-state index is 0.257. The summed E-state index contributed by atoms with van der Waals surface area (Å²) in [7, 11) is 0. The van der Waals surface area contributed by atoms with E-state index in [1.165, 1.54) is 4.57 Å². The molecule has 1 atom stereocenters. The summed E-state index contributed by atoms with van der Waals surface area (Å²) in [5.41, 5.74) is 1.83. The Morgan fingerprint density at radius 3 is 2.88 bits per heavy atom. The largest absolute Gasteiger partial charge is 0.420 e. The second-order valence-corrected chi connectivity index (χ2v) is 5.97. The van der Waals surface area contributed by atoms with Crippen LogP contribution >= 0.6 is 0 Å². The third-order valence-electron chi connectivity index (χ3n) is 4.32. The Morgan fingerprint density at radius 2 is 2.00 bits per heavy atom. The van der Waals surface area contributed by atoms with Gasteiger partial charge in [-0.3, -0.25) is 13.8 Å². The lowest BCUT2D eigenvalue weighted by Crippen LogP contribution is -2.35. The van der Waals surface area contributed by atoms with E-state index in [1.807, 2.05) is 28.8 Å².